The van der Waals surface area contributed by atoms with Crippen molar-refractivity contribution in [1.29, 1.82) is 0 Å². The van der Waals surface area contributed by atoms with E-state index in [1.807, 2.05) is 31.2 Å². The number of amides is 1. The standard InChI is InChI=1S/C19H24N4O/c1-13-4-2-3-5-16(13)19(24)20-15-8-10-23(11-9-15)18-12-17(21-22-18)14-6-7-14/h2-5,12,14-15H,6-11H2,1H3,(H,20,24)(H,21,22). The third-order valence-corrected chi connectivity index (χ3v) is 5.15. The van der Waals surface area contributed by atoms with Crippen LogP contribution in [0.25, 0.3) is 0 Å². The number of nitrogens with one attached hydrogen (secondary N) is 2. The quantitative estimate of drug-likeness (QED) is 0.909. The van der Waals surface area contributed by atoms with E-state index in [4.69, 9.17) is 0 Å². The molecule has 5 nitrogen and oxygen atoms in total. The molecule has 2 aliphatic rings. The fourth-order valence-corrected chi connectivity index (χ4v) is 3.43. The van der Waals surface area contributed by atoms with Gasteiger partial charge in [-0.1, -0.05) is 18.2 Å². The van der Waals surface area contributed by atoms with Crippen LogP contribution in [0.15, 0.2) is 30.3 Å². The summed E-state index contributed by atoms with van der Waals surface area (Å²) in [5.41, 5.74) is 3.08. The third-order valence-electron chi connectivity index (χ3n) is 5.15. The van der Waals surface area contributed by atoms with Gasteiger partial charge in [0.1, 0.15) is 0 Å². The lowest BCUT2D eigenvalue weighted by Gasteiger charge is -2.32. The van der Waals surface area contributed by atoms with Gasteiger partial charge in [-0.05, 0) is 44.2 Å². The van der Waals surface area contributed by atoms with Crippen molar-refractivity contribution < 1.29 is 4.79 Å². The van der Waals surface area contributed by atoms with Gasteiger partial charge in [0.15, 0.2) is 5.82 Å². The van der Waals surface area contributed by atoms with E-state index in [0.29, 0.717) is 5.92 Å². The largest absolute Gasteiger partial charge is 0.355 e. The number of piperidine rings is 1. The van der Waals surface area contributed by atoms with Gasteiger partial charge < -0.3 is 10.2 Å². The summed E-state index contributed by atoms with van der Waals surface area (Å²) < 4.78 is 0. The first-order valence-corrected chi connectivity index (χ1v) is 8.87. The molecule has 1 aromatic carbocycles. The van der Waals surface area contributed by atoms with Gasteiger partial charge in [0.2, 0.25) is 0 Å². The number of aromatic amines is 1. The minimum Gasteiger partial charge on any atom is -0.355 e. The number of rotatable bonds is 4. The third kappa shape index (κ3) is 3.16. The van der Waals surface area contributed by atoms with Crippen molar-refractivity contribution in [3.05, 3.63) is 47.2 Å². The molecule has 1 aromatic heterocycles. The monoisotopic (exact) mass is 324 g/mol. The lowest BCUT2D eigenvalue weighted by molar-refractivity contribution is 0.0930. The molecule has 0 radical (unpaired) electrons. The molecule has 24 heavy (non-hydrogen) atoms. The van der Waals surface area contributed by atoms with Crippen LogP contribution in [-0.2, 0) is 0 Å². The van der Waals surface area contributed by atoms with Crippen LogP contribution in [0.5, 0.6) is 0 Å². The first kappa shape index (κ1) is 15.2. The zero-order chi connectivity index (χ0) is 16.5. The molecule has 2 N–H and O–H groups in total. The Labute approximate surface area is 142 Å². The Morgan fingerprint density at radius 2 is 1.96 bits per heavy atom. The number of anilines is 1. The highest BCUT2D eigenvalue weighted by molar-refractivity contribution is 5.95. The fraction of sp³-hybridized carbons (Fsp3) is 0.474. The zero-order valence-electron chi connectivity index (χ0n) is 14.1. The molecule has 1 aliphatic carbocycles. The molecule has 0 unspecified atom stereocenters. The van der Waals surface area contributed by atoms with E-state index >= 15 is 0 Å². The second-order valence-electron chi connectivity index (χ2n) is 7.01. The van der Waals surface area contributed by atoms with Crippen LogP contribution in [0.2, 0.25) is 0 Å². The van der Waals surface area contributed by atoms with Gasteiger partial charge >= 0.3 is 0 Å². The molecule has 2 fully saturated rings. The van der Waals surface area contributed by atoms with E-state index in [1.165, 1.54) is 18.5 Å². The lowest BCUT2D eigenvalue weighted by Crippen LogP contribution is -2.45. The maximum Gasteiger partial charge on any atom is 0.251 e. The van der Waals surface area contributed by atoms with E-state index in [0.717, 1.165) is 42.9 Å². The molecule has 4 rings (SSSR count). The Balaban J connectivity index is 1.32. The van der Waals surface area contributed by atoms with Crippen LogP contribution in [0.3, 0.4) is 0 Å². The van der Waals surface area contributed by atoms with Crippen LogP contribution >= 0.6 is 0 Å². The summed E-state index contributed by atoms with van der Waals surface area (Å²) in [5.74, 6) is 1.81. The predicted octanol–water partition coefficient (Wildman–Crippen LogP) is 2.99. The Kier molecular flexibility index (Phi) is 4.00. The summed E-state index contributed by atoms with van der Waals surface area (Å²) in [6.07, 6.45) is 4.50. The van der Waals surface area contributed by atoms with Gasteiger partial charge in [0, 0.05) is 42.4 Å². The van der Waals surface area contributed by atoms with Crippen LogP contribution < -0.4 is 10.2 Å². The van der Waals surface area contributed by atoms with Crippen LogP contribution in [-0.4, -0.2) is 35.2 Å². The fourth-order valence-electron chi connectivity index (χ4n) is 3.43. The smallest absolute Gasteiger partial charge is 0.251 e. The summed E-state index contributed by atoms with van der Waals surface area (Å²) in [6.45, 7) is 3.86. The summed E-state index contributed by atoms with van der Waals surface area (Å²) in [6, 6.07) is 10.2. The number of carbonyl (C=O) groups is 1. The number of hydrogen-bond donors (Lipinski definition) is 2. The van der Waals surface area contributed by atoms with E-state index in [2.05, 4.69) is 26.5 Å². The van der Waals surface area contributed by atoms with Gasteiger partial charge in [-0.15, -0.1) is 0 Å². The molecule has 2 heterocycles. The van der Waals surface area contributed by atoms with Crippen LogP contribution in [0.1, 0.15) is 53.2 Å². The lowest BCUT2D eigenvalue weighted by atomic mass is 10.0. The zero-order valence-corrected chi connectivity index (χ0v) is 14.1. The van der Waals surface area contributed by atoms with Gasteiger partial charge in [-0.2, -0.15) is 5.10 Å². The minimum atomic E-state index is 0.0438. The first-order chi connectivity index (χ1) is 11.7. The van der Waals surface area contributed by atoms with Crippen molar-refractivity contribution >= 4 is 11.7 Å². The highest BCUT2D eigenvalue weighted by Crippen LogP contribution is 2.40. The second-order valence-corrected chi connectivity index (χ2v) is 7.01. The highest BCUT2D eigenvalue weighted by Gasteiger charge is 2.27. The van der Waals surface area contributed by atoms with E-state index in [9.17, 15) is 4.79 Å². The highest BCUT2D eigenvalue weighted by atomic mass is 16.1. The second kappa shape index (κ2) is 6.30. The number of aromatic nitrogens is 2. The number of H-pyrrole nitrogens is 1. The summed E-state index contributed by atoms with van der Waals surface area (Å²) in [7, 11) is 0. The topological polar surface area (TPSA) is 61.0 Å². The molecule has 126 valence electrons. The minimum absolute atomic E-state index is 0.0438. The van der Waals surface area contributed by atoms with Crippen LogP contribution in [0.4, 0.5) is 5.82 Å². The molecule has 1 saturated heterocycles. The maximum absolute atomic E-state index is 12.4. The molecule has 5 heteroatoms. The van der Waals surface area contributed by atoms with Gasteiger partial charge in [0.05, 0.1) is 0 Å². The molecular formula is C19H24N4O. The van der Waals surface area contributed by atoms with Gasteiger partial charge in [-0.3, -0.25) is 9.89 Å². The van der Waals surface area contributed by atoms with Crippen molar-refractivity contribution in [2.75, 3.05) is 18.0 Å². The molecule has 2 aromatic rings. The van der Waals surface area contributed by atoms with E-state index in [1.54, 1.807) is 0 Å². The Bertz CT molecular complexity index is 726. The molecule has 0 spiro atoms. The maximum atomic E-state index is 12.4. The molecule has 1 saturated carbocycles. The molecular weight excluding hydrogens is 300 g/mol. The summed E-state index contributed by atoms with van der Waals surface area (Å²) in [5, 5.41) is 10.8. The van der Waals surface area contributed by atoms with E-state index in [-0.39, 0.29) is 11.9 Å². The SMILES string of the molecule is Cc1ccccc1C(=O)NC1CCN(c2cc(C3CC3)[nH]n2)CC1. The number of hydrogen-bond acceptors (Lipinski definition) is 3. The van der Waals surface area contributed by atoms with Crippen molar-refractivity contribution in [2.24, 2.45) is 0 Å². The number of nitrogens with zero attached hydrogens (tertiary/aromatic N) is 2. The van der Waals surface area contributed by atoms with Crippen LogP contribution in [0, 0.1) is 6.92 Å². The predicted molar refractivity (Wildman–Crippen MR) is 94.4 cm³/mol. The number of benzene rings is 1. The Morgan fingerprint density at radius 1 is 1.21 bits per heavy atom. The van der Waals surface area contributed by atoms with Gasteiger partial charge in [-0.25, -0.2) is 0 Å². The molecule has 0 bridgehead atoms. The van der Waals surface area contributed by atoms with Gasteiger partial charge in [0.25, 0.3) is 5.91 Å². The Hall–Kier alpha value is -2.30. The van der Waals surface area contributed by atoms with Crippen molar-refractivity contribution in [3.8, 4) is 0 Å². The van der Waals surface area contributed by atoms with Crippen molar-refractivity contribution in [3.63, 3.8) is 0 Å². The first-order valence-electron chi connectivity index (χ1n) is 8.87. The van der Waals surface area contributed by atoms with E-state index < -0.39 is 0 Å². The average Bonchev–Trinajstić information content (AvgIpc) is 3.33. The normalized spacial score (nSPS) is 18.6. The van der Waals surface area contributed by atoms with Crippen molar-refractivity contribution in [2.45, 2.75) is 44.6 Å². The molecule has 0 atom stereocenters. The number of aryl methyl sites for hydroxylation is 1. The summed E-state index contributed by atoms with van der Waals surface area (Å²) in [4.78, 5) is 14.7. The molecule has 1 aliphatic heterocycles. The van der Waals surface area contributed by atoms with Crippen molar-refractivity contribution in [1.82, 2.24) is 15.5 Å². The average molecular weight is 324 g/mol. The Morgan fingerprint density at radius 3 is 2.67 bits per heavy atom. The number of carbonyl (C=O) groups excluding carboxylic acids is 1. The molecule has 1 amide bonds. The summed E-state index contributed by atoms with van der Waals surface area (Å²) >= 11 is 0.